The first-order valence-corrected chi connectivity index (χ1v) is 6.75. The molecule has 2 N–H and O–H groups in total. The van der Waals surface area contributed by atoms with E-state index in [4.69, 9.17) is 4.74 Å². The number of esters is 1. The molecule has 100 valence electrons. The summed E-state index contributed by atoms with van der Waals surface area (Å²) in [4.78, 5) is 11.0. The van der Waals surface area contributed by atoms with Gasteiger partial charge in [-0.25, -0.2) is 0 Å². The fourth-order valence-corrected chi connectivity index (χ4v) is 2.01. The molecule has 1 fully saturated rings. The zero-order valence-electron chi connectivity index (χ0n) is 10.8. The molecule has 0 aliphatic heterocycles. The first-order valence-electron chi connectivity index (χ1n) is 6.75. The second-order valence-corrected chi connectivity index (χ2v) is 4.87. The molecule has 0 aromatic heterocycles. The van der Waals surface area contributed by atoms with Crippen LogP contribution >= 0.6 is 0 Å². The van der Waals surface area contributed by atoms with Crippen molar-refractivity contribution < 1.29 is 14.6 Å². The van der Waals surface area contributed by atoms with Crippen molar-refractivity contribution in [2.75, 3.05) is 19.7 Å². The third kappa shape index (κ3) is 6.03. The lowest BCUT2D eigenvalue weighted by atomic mass is 9.80. The molecule has 0 aromatic rings. The number of hydrogen-bond acceptors (Lipinski definition) is 4. The number of rotatable bonds is 9. The van der Waals surface area contributed by atoms with Gasteiger partial charge in [-0.3, -0.25) is 4.79 Å². The topological polar surface area (TPSA) is 58.6 Å². The SMILES string of the molecule is CCOC(=O)CCCCCNCC1(O)CCC1. The van der Waals surface area contributed by atoms with Gasteiger partial charge in [-0.15, -0.1) is 0 Å². The van der Waals surface area contributed by atoms with Crippen molar-refractivity contribution in [2.45, 2.75) is 57.5 Å². The molecule has 1 rings (SSSR count). The molecular formula is C13H25NO3. The first kappa shape index (κ1) is 14.5. The van der Waals surface area contributed by atoms with Crippen LogP contribution in [0, 0.1) is 0 Å². The maximum absolute atomic E-state index is 11.0. The van der Waals surface area contributed by atoms with E-state index in [1.807, 2.05) is 6.92 Å². The summed E-state index contributed by atoms with van der Waals surface area (Å²) < 4.78 is 4.85. The first-order chi connectivity index (χ1) is 8.16. The second-order valence-electron chi connectivity index (χ2n) is 4.87. The average Bonchev–Trinajstić information content (AvgIpc) is 2.26. The Kier molecular flexibility index (Phi) is 6.52. The van der Waals surface area contributed by atoms with Gasteiger partial charge in [-0.2, -0.15) is 0 Å². The van der Waals surface area contributed by atoms with Gasteiger partial charge in [0.1, 0.15) is 0 Å². The normalized spacial score (nSPS) is 17.5. The van der Waals surface area contributed by atoms with E-state index in [1.165, 1.54) is 0 Å². The van der Waals surface area contributed by atoms with Gasteiger partial charge in [0, 0.05) is 13.0 Å². The van der Waals surface area contributed by atoms with Gasteiger partial charge in [0.05, 0.1) is 12.2 Å². The molecule has 0 heterocycles. The fraction of sp³-hybridized carbons (Fsp3) is 0.923. The highest BCUT2D eigenvalue weighted by molar-refractivity contribution is 5.69. The highest BCUT2D eigenvalue weighted by Crippen LogP contribution is 2.30. The lowest BCUT2D eigenvalue weighted by Crippen LogP contribution is -2.46. The minimum atomic E-state index is -0.426. The van der Waals surface area contributed by atoms with Crippen LogP contribution in [0.15, 0.2) is 0 Å². The minimum Gasteiger partial charge on any atom is -0.466 e. The zero-order valence-corrected chi connectivity index (χ0v) is 10.8. The highest BCUT2D eigenvalue weighted by Gasteiger charge is 2.33. The molecular weight excluding hydrogens is 218 g/mol. The summed E-state index contributed by atoms with van der Waals surface area (Å²) in [6.45, 7) is 3.93. The van der Waals surface area contributed by atoms with E-state index < -0.39 is 5.60 Å². The van der Waals surface area contributed by atoms with Crippen LogP contribution in [-0.4, -0.2) is 36.4 Å². The minimum absolute atomic E-state index is 0.0933. The third-order valence-corrected chi connectivity index (χ3v) is 3.28. The molecule has 0 aromatic carbocycles. The largest absolute Gasteiger partial charge is 0.466 e. The van der Waals surface area contributed by atoms with Crippen molar-refractivity contribution in [1.82, 2.24) is 5.32 Å². The van der Waals surface area contributed by atoms with Gasteiger partial charge < -0.3 is 15.2 Å². The summed E-state index contributed by atoms with van der Waals surface area (Å²) in [6, 6.07) is 0. The van der Waals surface area contributed by atoms with Crippen LogP contribution < -0.4 is 5.32 Å². The number of carbonyl (C=O) groups excluding carboxylic acids is 1. The molecule has 1 aliphatic carbocycles. The van der Waals surface area contributed by atoms with Gasteiger partial charge in [-0.05, 0) is 45.6 Å². The lowest BCUT2D eigenvalue weighted by molar-refractivity contribution is -0.143. The number of carbonyl (C=O) groups is 1. The predicted octanol–water partition coefficient (Wildman–Crippen LogP) is 1.61. The molecule has 0 spiro atoms. The molecule has 1 aliphatic rings. The van der Waals surface area contributed by atoms with Gasteiger partial charge in [0.25, 0.3) is 0 Å². The highest BCUT2D eigenvalue weighted by atomic mass is 16.5. The summed E-state index contributed by atoms with van der Waals surface area (Å²) in [6.07, 6.45) is 6.52. The monoisotopic (exact) mass is 243 g/mol. The maximum atomic E-state index is 11.0. The second kappa shape index (κ2) is 7.67. The van der Waals surface area contributed by atoms with Crippen LogP contribution in [0.1, 0.15) is 51.9 Å². The Morgan fingerprint density at radius 3 is 2.71 bits per heavy atom. The van der Waals surface area contributed by atoms with E-state index in [0.29, 0.717) is 19.6 Å². The smallest absolute Gasteiger partial charge is 0.305 e. The Labute approximate surface area is 104 Å². The number of hydrogen-bond donors (Lipinski definition) is 2. The van der Waals surface area contributed by atoms with E-state index >= 15 is 0 Å². The number of unbranched alkanes of at least 4 members (excludes halogenated alkanes) is 2. The third-order valence-electron chi connectivity index (χ3n) is 3.28. The van der Waals surface area contributed by atoms with Crippen LogP contribution in [0.4, 0.5) is 0 Å². The van der Waals surface area contributed by atoms with Crippen molar-refractivity contribution >= 4 is 5.97 Å². The Morgan fingerprint density at radius 1 is 1.35 bits per heavy atom. The maximum Gasteiger partial charge on any atom is 0.305 e. The number of nitrogens with one attached hydrogen (secondary N) is 1. The van der Waals surface area contributed by atoms with Crippen LogP contribution in [-0.2, 0) is 9.53 Å². The van der Waals surface area contributed by atoms with Crippen molar-refractivity contribution in [3.8, 4) is 0 Å². The van der Waals surface area contributed by atoms with Gasteiger partial charge in [-0.1, -0.05) is 6.42 Å². The Bertz CT molecular complexity index is 227. The molecule has 0 unspecified atom stereocenters. The molecule has 0 radical (unpaired) electrons. The molecule has 0 bridgehead atoms. The molecule has 4 nitrogen and oxygen atoms in total. The summed E-state index contributed by atoms with van der Waals surface area (Å²) in [5.74, 6) is -0.0933. The predicted molar refractivity (Wildman–Crippen MR) is 66.8 cm³/mol. The summed E-state index contributed by atoms with van der Waals surface area (Å²) in [5.41, 5.74) is -0.426. The quantitative estimate of drug-likeness (QED) is 0.477. The van der Waals surface area contributed by atoms with Crippen molar-refractivity contribution in [3.05, 3.63) is 0 Å². The average molecular weight is 243 g/mol. The summed E-state index contributed by atoms with van der Waals surface area (Å²) in [7, 11) is 0. The van der Waals surface area contributed by atoms with E-state index in [0.717, 1.165) is 45.1 Å². The summed E-state index contributed by atoms with van der Waals surface area (Å²) in [5, 5.41) is 13.1. The van der Waals surface area contributed by atoms with E-state index in [2.05, 4.69) is 5.32 Å². The van der Waals surface area contributed by atoms with Crippen molar-refractivity contribution in [1.29, 1.82) is 0 Å². The molecule has 1 saturated carbocycles. The standard InChI is InChI=1S/C13H25NO3/c1-2-17-12(15)7-4-3-5-10-14-11-13(16)8-6-9-13/h14,16H,2-11H2,1H3. The van der Waals surface area contributed by atoms with Crippen molar-refractivity contribution in [3.63, 3.8) is 0 Å². The number of aliphatic hydroxyl groups is 1. The van der Waals surface area contributed by atoms with Crippen LogP contribution in [0.25, 0.3) is 0 Å². The summed E-state index contributed by atoms with van der Waals surface area (Å²) >= 11 is 0. The molecule has 0 saturated heterocycles. The zero-order chi connectivity index (χ0) is 12.6. The van der Waals surface area contributed by atoms with Gasteiger partial charge in [0.15, 0.2) is 0 Å². The molecule has 0 amide bonds. The molecule has 0 atom stereocenters. The van der Waals surface area contributed by atoms with Crippen LogP contribution in [0.2, 0.25) is 0 Å². The van der Waals surface area contributed by atoms with E-state index in [9.17, 15) is 9.90 Å². The van der Waals surface area contributed by atoms with Gasteiger partial charge in [0.2, 0.25) is 0 Å². The van der Waals surface area contributed by atoms with Crippen LogP contribution in [0.5, 0.6) is 0 Å². The Balaban J connectivity index is 1.83. The van der Waals surface area contributed by atoms with E-state index in [1.54, 1.807) is 0 Å². The Morgan fingerprint density at radius 2 is 2.12 bits per heavy atom. The molecule has 17 heavy (non-hydrogen) atoms. The van der Waals surface area contributed by atoms with Crippen molar-refractivity contribution in [2.24, 2.45) is 0 Å². The Hall–Kier alpha value is -0.610. The van der Waals surface area contributed by atoms with Crippen LogP contribution in [0.3, 0.4) is 0 Å². The molecule has 4 heteroatoms. The lowest BCUT2D eigenvalue weighted by Gasteiger charge is -2.36. The number of ether oxygens (including phenoxy) is 1. The van der Waals surface area contributed by atoms with E-state index in [-0.39, 0.29) is 5.97 Å². The van der Waals surface area contributed by atoms with Gasteiger partial charge >= 0.3 is 5.97 Å². The fourth-order valence-electron chi connectivity index (χ4n) is 2.01.